The molecule has 1 atom stereocenters. The van der Waals surface area contributed by atoms with Gasteiger partial charge in [-0.05, 0) is 20.8 Å². The van der Waals surface area contributed by atoms with Gasteiger partial charge in [-0.25, -0.2) is 4.39 Å². The summed E-state index contributed by atoms with van der Waals surface area (Å²) in [6, 6.07) is 0. The van der Waals surface area contributed by atoms with Crippen LogP contribution in [0.15, 0.2) is 0 Å². The molecule has 0 aliphatic carbocycles. The topological polar surface area (TPSA) is 38.3 Å². The summed E-state index contributed by atoms with van der Waals surface area (Å²) in [7, 11) is 0. The standard InChI is InChI=1S/C9H18FNO2/c1-7(12)11-5-8(10)6-13-9(2,3)4/h8H,5-6H2,1-4H3,(H,11,12). The van der Waals surface area contributed by atoms with Crippen molar-refractivity contribution in [2.75, 3.05) is 13.2 Å². The molecule has 0 spiro atoms. The minimum Gasteiger partial charge on any atom is -0.373 e. The van der Waals surface area contributed by atoms with Crippen LogP contribution in [0.3, 0.4) is 0 Å². The number of amides is 1. The summed E-state index contributed by atoms with van der Waals surface area (Å²) in [5.74, 6) is -0.224. The average molecular weight is 191 g/mol. The third kappa shape index (κ3) is 9.27. The lowest BCUT2D eigenvalue weighted by molar-refractivity contribution is -0.119. The summed E-state index contributed by atoms with van der Waals surface area (Å²) >= 11 is 0. The van der Waals surface area contributed by atoms with Gasteiger partial charge in [0.15, 0.2) is 0 Å². The van der Waals surface area contributed by atoms with E-state index in [1.54, 1.807) is 0 Å². The lowest BCUT2D eigenvalue weighted by Crippen LogP contribution is -2.33. The largest absolute Gasteiger partial charge is 0.373 e. The minimum atomic E-state index is -1.14. The smallest absolute Gasteiger partial charge is 0.216 e. The fourth-order valence-electron chi connectivity index (χ4n) is 0.654. The molecule has 0 fully saturated rings. The molecule has 78 valence electrons. The van der Waals surface area contributed by atoms with Crippen molar-refractivity contribution < 1.29 is 13.9 Å². The Morgan fingerprint density at radius 1 is 1.54 bits per heavy atom. The maximum absolute atomic E-state index is 13.0. The molecule has 0 aromatic rings. The first-order valence-corrected chi connectivity index (χ1v) is 4.34. The molecular weight excluding hydrogens is 173 g/mol. The lowest BCUT2D eigenvalue weighted by Gasteiger charge is -2.21. The van der Waals surface area contributed by atoms with E-state index in [9.17, 15) is 9.18 Å². The van der Waals surface area contributed by atoms with Crippen LogP contribution in [-0.4, -0.2) is 30.8 Å². The summed E-state index contributed by atoms with van der Waals surface area (Å²) in [4.78, 5) is 10.4. The van der Waals surface area contributed by atoms with Gasteiger partial charge in [-0.2, -0.15) is 0 Å². The summed E-state index contributed by atoms with van der Waals surface area (Å²) in [6.45, 7) is 6.97. The van der Waals surface area contributed by atoms with Crippen LogP contribution >= 0.6 is 0 Å². The van der Waals surface area contributed by atoms with Crippen LogP contribution in [0, 0.1) is 0 Å². The van der Waals surface area contributed by atoms with E-state index in [-0.39, 0.29) is 24.7 Å². The number of ether oxygens (including phenoxy) is 1. The molecule has 1 unspecified atom stereocenters. The maximum atomic E-state index is 13.0. The fraction of sp³-hybridized carbons (Fsp3) is 0.889. The molecule has 0 aromatic heterocycles. The van der Waals surface area contributed by atoms with Crippen molar-refractivity contribution in [2.45, 2.75) is 39.5 Å². The summed E-state index contributed by atoms with van der Waals surface area (Å²) in [5, 5.41) is 2.39. The first kappa shape index (κ1) is 12.4. The highest BCUT2D eigenvalue weighted by Gasteiger charge is 2.14. The molecule has 0 saturated heterocycles. The van der Waals surface area contributed by atoms with Gasteiger partial charge in [-0.15, -0.1) is 0 Å². The van der Waals surface area contributed by atoms with E-state index in [4.69, 9.17) is 4.74 Å². The Hall–Kier alpha value is -0.640. The van der Waals surface area contributed by atoms with E-state index in [0.29, 0.717) is 0 Å². The van der Waals surface area contributed by atoms with E-state index < -0.39 is 6.17 Å². The second kappa shape index (κ2) is 5.17. The Morgan fingerprint density at radius 3 is 2.46 bits per heavy atom. The molecule has 0 aliphatic heterocycles. The van der Waals surface area contributed by atoms with Crippen LogP contribution < -0.4 is 5.32 Å². The molecule has 0 rings (SSSR count). The van der Waals surface area contributed by atoms with Crippen molar-refractivity contribution >= 4 is 5.91 Å². The van der Waals surface area contributed by atoms with Gasteiger partial charge in [-0.3, -0.25) is 4.79 Å². The zero-order chi connectivity index (χ0) is 10.5. The van der Waals surface area contributed by atoms with Crippen molar-refractivity contribution in [1.29, 1.82) is 0 Å². The van der Waals surface area contributed by atoms with Crippen molar-refractivity contribution in [2.24, 2.45) is 0 Å². The predicted octanol–water partition coefficient (Wildman–Crippen LogP) is 1.28. The van der Waals surface area contributed by atoms with Gasteiger partial charge in [-0.1, -0.05) is 0 Å². The Kier molecular flexibility index (Phi) is 4.91. The van der Waals surface area contributed by atoms with Crippen LogP contribution in [0.5, 0.6) is 0 Å². The molecule has 0 aromatic carbocycles. The Bertz CT molecular complexity index is 165. The summed E-state index contributed by atoms with van der Waals surface area (Å²) in [5.41, 5.74) is -0.333. The van der Waals surface area contributed by atoms with Gasteiger partial charge in [0, 0.05) is 6.92 Å². The number of carbonyl (C=O) groups excluding carboxylic acids is 1. The van der Waals surface area contributed by atoms with Crippen LogP contribution in [-0.2, 0) is 9.53 Å². The average Bonchev–Trinajstić information content (AvgIpc) is 1.95. The number of rotatable bonds is 4. The van der Waals surface area contributed by atoms with E-state index in [2.05, 4.69) is 5.32 Å². The third-order valence-electron chi connectivity index (χ3n) is 1.27. The number of halogens is 1. The normalized spacial score (nSPS) is 13.9. The van der Waals surface area contributed by atoms with Crippen LogP contribution in [0.4, 0.5) is 4.39 Å². The van der Waals surface area contributed by atoms with Gasteiger partial charge in [0.25, 0.3) is 0 Å². The zero-order valence-corrected chi connectivity index (χ0v) is 8.69. The zero-order valence-electron chi connectivity index (χ0n) is 8.69. The highest BCUT2D eigenvalue weighted by molar-refractivity contribution is 5.72. The molecule has 0 heterocycles. The Labute approximate surface area is 78.6 Å². The quantitative estimate of drug-likeness (QED) is 0.726. The number of alkyl halides is 1. The van der Waals surface area contributed by atoms with Crippen LogP contribution in [0.25, 0.3) is 0 Å². The fourth-order valence-corrected chi connectivity index (χ4v) is 0.654. The van der Waals surface area contributed by atoms with Crippen LogP contribution in [0.1, 0.15) is 27.7 Å². The van der Waals surface area contributed by atoms with E-state index in [1.165, 1.54) is 6.92 Å². The van der Waals surface area contributed by atoms with Gasteiger partial charge in [0.05, 0.1) is 18.8 Å². The third-order valence-corrected chi connectivity index (χ3v) is 1.27. The molecule has 1 N–H and O–H groups in total. The highest BCUT2D eigenvalue weighted by Crippen LogP contribution is 2.07. The van der Waals surface area contributed by atoms with Crippen molar-refractivity contribution in [3.8, 4) is 0 Å². The molecule has 13 heavy (non-hydrogen) atoms. The van der Waals surface area contributed by atoms with Crippen molar-refractivity contribution in [3.63, 3.8) is 0 Å². The number of carbonyl (C=O) groups is 1. The minimum absolute atomic E-state index is 0.0176. The summed E-state index contributed by atoms with van der Waals surface area (Å²) < 4.78 is 18.2. The highest BCUT2D eigenvalue weighted by atomic mass is 19.1. The van der Waals surface area contributed by atoms with E-state index >= 15 is 0 Å². The second-order valence-electron chi connectivity index (χ2n) is 3.96. The van der Waals surface area contributed by atoms with Crippen molar-refractivity contribution in [3.05, 3.63) is 0 Å². The van der Waals surface area contributed by atoms with Gasteiger partial charge >= 0.3 is 0 Å². The number of nitrogens with one attached hydrogen (secondary N) is 1. The van der Waals surface area contributed by atoms with Crippen molar-refractivity contribution in [1.82, 2.24) is 5.32 Å². The summed E-state index contributed by atoms with van der Waals surface area (Å²) in [6.07, 6.45) is -1.14. The maximum Gasteiger partial charge on any atom is 0.216 e. The molecule has 3 nitrogen and oxygen atoms in total. The Balaban J connectivity index is 3.52. The molecule has 0 saturated carbocycles. The molecule has 0 bridgehead atoms. The SMILES string of the molecule is CC(=O)NCC(F)COC(C)(C)C. The van der Waals surface area contributed by atoms with Gasteiger partial charge in [0.2, 0.25) is 5.91 Å². The van der Waals surface area contributed by atoms with Crippen LogP contribution in [0.2, 0.25) is 0 Å². The van der Waals surface area contributed by atoms with E-state index in [0.717, 1.165) is 0 Å². The Morgan fingerprint density at radius 2 is 2.08 bits per heavy atom. The first-order chi connectivity index (χ1) is 5.81. The van der Waals surface area contributed by atoms with Gasteiger partial charge < -0.3 is 10.1 Å². The first-order valence-electron chi connectivity index (χ1n) is 4.34. The second-order valence-corrected chi connectivity index (χ2v) is 3.96. The predicted molar refractivity (Wildman–Crippen MR) is 49.3 cm³/mol. The lowest BCUT2D eigenvalue weighted by atomic mass is 10.2. The molecule has 0 radical (unpaired) electrons. The molecule has 0 aliphatic rings. The molecule has 4 heteroatoms. The number of hydrogen-bond acceptors (Lipinski definition) is 2. The number of hydrogen-bond donors (Lipinski definition) is 1. The van der Waals surface area contributed by atoms with Gasteiger partial charge in [0.1, 0.15) is 6.17 Å². The molecular formula is C9H18FNO2. The monoisotopic (exact) mass is 191 g/mol. The van der Waals surface area contributed by atoms with E-state index in [1.807, 2.05) is 20.8 Å². The molecule has 1 amide bonds.